The average Bonchev–Trinajstić information content (AvgIpc) is 2.66. The van der Waals surface area contributed by atoms with Crippen LogP contribution in [0.1, 0.15) is 39.0 Å². The number of benzene rings is 1. The maximum absolute atomic E-state index is 13.1. The van der Waals surface area contributed by atoms with Crippen LogP contribution < -0.4 is 0 Å². The number of carbonyl (C=O) groups is 3. The van der Waals surface area contributed by atoms with Crippen molar-refractivity contribution in [3.05, 3.63) is 41.5 Å². The third-order valence-electron chi connectivity index (χ3n) is 4.60. The van der Waals surface area contributed by atoms with Gasteiger partial charge in [0.25, 0.3) is 0 Å². The van der Waals surface area contributed by atoms with Gasteiger partial charge in [-0.05, 0) is 25.0 Å². The van der Waals surface area contributed by atoms with Crippen LogP contribution in [0.4, 0.5) is 0 Å². The van der Waals surface area contributed by atoms with Crippen LogP contribution in [0.3, 0.4) is 0 Å². The smallest absolute Gasteiger partial charge is 0.319 e. The monoisotopic (exact) mass is 394 g/mol. The number of rotatable bonds is 6. The van der Waals surface area contributed by atoms with Crippen molar-refractivity contribution >= 4 is 27.6 Å². The molecule has 0 saturated heterocycles. The molecule has 0 amide bonds. The summed E-state index contributed by atoms with van der Waals surface area (Å²) < 4.78 is 35.7. The normalized spacial score (nSPS) is 20.8. The van der Waals surface area contributed by atoms with Crippen LogP contribution in [0.15, 0.2) is 46.4 Å². The van der Waals surface area contributed by atoms with E-state index in [4.69, 9.17) is 9.47 Å². The zero-order valence-electron chi connectivity index (χ0n) is 15.3. The largest absolute Gasteiger partial charge is 0.468 e. The lowest BCUT2D eigenvalue weighted by Gasteiger charge is -2.33. The number of methoxy groups -OCH3 is 1. The zero-order valence-corrected chi connectivity index (χ0v) is 16.1. The predicted octanol–water partition coefficient (Wildman–Crippen LogP) is 2.56. The third kappa shape index (κ3) is 4.44. The minimum atomic E-state index is -4.08. The lowest BCUT2D eigenvalue weighted by Crippen LogP contribution is -2.43. The van der Waals surface area contributed by atoms with E-state index in [1.165, 1.54) is 12.1 Å². The van der Waals surface area contributed by atoms with Gasteiger partial charge in [-0.2, -0.15) is 0 Å². The van der Waals surface area contributed by atoms with Gasteiger partial charge in [0.1, 0.15) is 11.7 Å². The number of allylic oxidation sites excluding steroid dienone is 1. The highest BCUT2D eigenvalue weighted by molar-refractivity contribution is 7.95. The van der Waals surface area contributed by atoms with Crippen molar-refractivity contribution in [3.8, 4) is 0 Å². The lowest BCUT2D eigenvalue weighted by atomic mass is 9.70. The average molecular weight is 394 g/mol. The van der Waals surface area contributed by atoms with Crippen molar-refractivity contribution in [3.63, 3.8) is 0 Å². The molecule has 1 aliphatic rings. The molecule has 0 aromatic heterocycles. The Morgan fingerprint density at radius 3 is 2.41 bits per heavy atom. The zero-order chi connectivity index (χ0) is 20.1. The second-order valence-corrected chi connectivity index (χ2v) is 8.39. The van der Waals surface area contributed by atoms with E-state index in [0.717, 1.165) is 20.3 Å². The van der Waals surface area contributed by atoms with Gasteiger partial charge in [0.2, 0.25) is 9.84 Å². The van der Waals surface area contributed by atoms with Crippen LogP contribution in [0.2, 0.25) is 0 Å². The fraction of sp³-hybridized carbons (Fsp3) is 0.421. The van der Waals surface area contributed by atoms with Crippen molar-refractivity contribution in [1.29, 1.82) is 0 Å². The van der Waals surface area contributed by atoms with E-state index in [-0.39, 0.29) is 28.4 Å². The molecule has 8 heteroatoms. The number of hydrogen-bond acceptors (Lipinski definition) is 7. The minimum Gasteiger partial charge on any atom is -0.468 e. The Kier molecular flexibility index (Phi) is 6.54. The first kappa shape index (κ1) is 20.8. The van der Waals surface area contributed by atoms with Gasteiger partial charge < -0.3 is 9.47 Å². The van der Waals surface area contributed by atoms with Crippen molar-refractivity contribution in [2.75, 3.05) is 7.11 Å². The second-order valence-electron chi connectivity index (χ2n) is 6.39. The Morgan fingerprint density at radius 2 is 1.85 bits per heavy atom. The van der Waals surface area contributed by atoms with Crippen LogP contribution in [0.5, 0.6) is 0 Å². The highest BCUT2D eigenvalue weighted by Crippen LogP contribution is 2.42. The van der Waals surface area contributed by atoms with Gasteiger partial charge in [0.05, 0.1) is 16.9 Å². The molecule has 0 aliphatic heterocycles. The molecular formula is C19H22O7S. The number of hydrogen-bond donors (Lipinski definition) is 0. The fourth-order valence-corrected chi connectivity index (χ4v) is 4.59. The molecule has 0 radical (unpaired) electrons. The van der Waals surface area contributed by atoms with Crippen molar-refractivity contribution < 1.29 is 32.3 Å². The van der Waals surface area contributed by atoms with Crippen LogP contribution in [-0.4, -0.2) is 33.2 Å². The first-order valence-corrected chi connectivity index (χ1v) is 10.0. The summed E-state index contributed by atoms with van der Waals surface area (Å²) in [4.78, 5) is 36.0. The SMILES string of the molecule is COC(=O)C1(CC(=COC(C)=O)S(=O)(=O)c2ccccc2)CCCCC1=O. The molecule has 7 nitrogen and oxygen atoms in total. The van der Waals surface area contributed by atoms with E-state index in [1.807, 2.05) is 0 Å². The minimum absolute atomic E-state index is 0.0216. The molecule has 1 aromatic carbocycles. The number of ether oxygens (including phenoxy) is 2. The molecule has 0 N–H and O–H groups in total. The number of carbonyl (C=O) groups excluding carboxylic acids is 3. The topological polar surface area (TPSA) is 104 Å². The van der Waals surface area contributed by atoms with E-state index >= 15 is 0 Å². The van der Waals surface area contributed by atoms with Crippen LogP contribution >= 0.6 is 0 Å². The van der Waals surface area contributed by atoms with Gasteiger partial charge in [-0.25, -0.2) is 8.42 Å². The summed E-state index contributed by atoms with van der Waals surface area (Å²) in [6, 6.07) is 7.56. The Labute approximate surface area is 158 Å². The van der Waals surface area contributed by atoms with Gasteiger partial charge in [-0.3, -0.25) is 14.4 Å². The quantitative estimate of drug-likeness (QED) is 0.415. The Morgan fingerprint density at radius 1 is 1.19 bits per heavy atom. The predicted molar refractivity (Wildman–Crippen MR) is 96.0 cm³/mol. The van der Waals surface area contributed by atoms with E-state index in [2.05, 4.69) is 0 Å². The summed E-state index contributed by atoms with van der Waals surface area (Å²) in [5, 5.41) is 0. The number of ketones is 1. The molecule has 1 aromatic rings. The van der Waals surface area contributed by atoms with Gasteiger partial charge >= 0.3 is 11.9 Å². The lowest BCUT2D eigenvalue weighted by molar-refractivity contribution is -0.160. The molecule has 0 heterocycles. The maximum atomic E-state index is 13.1. The number of sulfone groups is 1. The van der Waals surface area contributed by atoms with Gasteiger partial charge in [0, 0.05) is 19.8 Å². The highest BCUT2D eigenvalue weighted by atomic mass is 32.2. The Bertz CT molecular complexity index is 845. The molecule has 0 spiro atoms. The van der Waals surface area contributed by atoms with E-state index in [0.29, 0.717) is 12.8 Å². The van der Waals surface area contributed by atoms with Crippen molar-refractivity contribution in [1.82, 2.24) is 0 Å². The standard InChI is InChI=1S/C19H22O7S/c1-14(20)26-13-16(27(23,24)15-8-4-3-5-9-15)12-19(18(22)25-2)11-7-6-10-17(19)21/h3-5,8-9,13H,6-7,10-12H2,1-2H3. The van der Waals surface area contributed by atoms with Crippen LogP contribution in [0.25, 0.3) is 0 Å². The Hall–Kier alpha value is -2.48. The Balaban J connectivity index is 2.54. The van der Waals surface area contributed by atoms with E-state index in [9.17, 15) is 22.8 Å². The molecule has 1 unspecified atom stereocenters. The maximum Gasteiger partial charge on any atom is 0.319 e. The van der Waals surface area contributed by atoms with Crippen LogP contribution in [0, 0.1) is 5.41 Å². The van der Waals surface area contributed by atoms with Crippen molar-refractivity contribution in [2.24, 2.45) is 5.41 Å². The van der Waals surface area contributed by atoms with Gasteiger partial charge in [-0.1, -0.05) is 24.6 Å². The molecule has 27 heavy (non-hydrogen) atoms. The first-order chi connectivity index (χ1) is 12.7. The van der Waals surface area contributed by atoms with Crippen molar-refractivity contribution in [2.45, 2.75) is 43.9 Å². The highest BCUT2D eigenvalue weighted by Gasteiger charge is 2.49. The first-order valence-electron chi connectivity index (χ1n) is 8.52. The molecule has 2 rings (SSSR count). The molecule has 146 valence electrons. The second kappa shape index (κ2) is 8.47. The summed E-state index contributed by atoms with van der Waals surface area (Å²) in [5.41, 5.74) is -1.60. The summed E-state index contributed by atoms with van der Waals surface area (Å²) in [7, 11) is -2.92. The molecule has 1 fully saturated rings. The molecule has 1 saturated carbocycles. The third-order valence-corrected chi connectivity index (χ3v) is 6.42. The van der Waals surface area contributed by atoms with Crippen LogP contribution in [-0.2, 0) is 33.7 Å². The van der Waals surface area contributed by atoms with E-state index in [1.54, 1.807) is 18.2 Å². The van der Waals surface area contributed by atoms with Gasteiger partial charge in [-0.15, -0.1) is 0 Å². The molecular weight excluding hydrogens is 372 g/mol. The van der Waals surface area contributed by atoms with Gasteiger partial charge in [0.15, 0.2) is 5.78 Å². The summed E-state index contributed by atoms with van der Waals surface area (Å²) in [6.07, 6.45) is 1.97. The molecule has 1 atom stereocenters. The number of Topliss-reactive ketones (excluding diaryl/α,β-unsaturated/α-hetero) is 1. The summed E-state index contributed by atoms with van der Waals surface area (Å²) in [5.74, 6) is -1.85. The summed E-state index contributed by atoms with van der Waals surface area (Å²) in [6.45, 7) is 1.13. The fourth-order valence-electron chi connectivity index (χ4n) is 3.16. The molecule has 1 aliphatic carbocycles. The summed E-state index contributed by atoms with van der Waals surface area (Å²) >= 11 is 0. The molecule has 0 bridgehead atoms. The number of esters is 2. The van der Waals surface area contributed by atoms with E-state index < -0.39 is 33.6 Å².